The molecule has 0 aromatic carbocycles. The third-order valence-electron chi connectivity index (χ3n) is 2.99. The van der Waals surface area contributed by atoms with Crippen LogP contribution in [-0.4, -0.2) is 46.2 Å². The molecule has 17 heavy (non-hydrogen) atoms. The molecule has 1 rings (SSSR count). The summed E-state index contributed by atoms with van der Waals surface area (Å²) in [7, 11) is 0. The number of unbranched alkanes of at least 4 members (excludes halogenated alkanes) is 3. The summed E-state index contributed by atoms with van der Waals surface area (Å²) < 4.78 is 0. The highest BCUT2D eigenvalue weighted by atomic mass is 35.5. The lowest BCUT2D eigenvalue weighted by Crippen LogP contribution is -2.52. The highest BCUT2D eigenvalue weighted by molar-refractivity contribution is 5.85. The van der Waals surface area contributed by atoms with Crippen molar-refractivity contribution in [2.24, 2.45) is 0 Å². The molecule has 1 aliphatic carbocycles. The number of aliphatic hydroxyl groups is 3. The summed E-state index contributed by atoms with van der Waals surface area (Å²) in [5, 5.41) is 31.6. The van der Waals surface area contributed by atoms with Gasteiger partial charge in [0, 0.05) is 0 Å². The minimum Gasteiger partial charge on any atom is -0.388 e. The van der Waals surface area contributed by atoms with Gasteiger partial charge < -0.3 is 20.6 Å². The molecule has 4 atom stereocenters. The van der Waals surface area contributed by atoms with Crippen molar-refractivity contribution in [3.05, 3.63) is 12.2 Å². The molecule has 0 spiro atoms. The quantitative estimate of drug-likeness (QED) is 0.419. The number of hydrogen-bond acceptors (Lipinski definition) is 4. The number of hydrogen-bond donors (Lipinski definition) is 4. The van der Waals surface area contributed by atoms with E-state index < -0.39 is 18.3 Å². The average Bonchev–Trinajstić information content (AvgIpc) is 2.28. The summed E-state index contributed by atoms with van der Waals surface area (Å²) in [5.41, 5.74) is 0. The van der Waals surface area contributed by atoms with Crippen molar-refractivity contribution in [2.45, 2.75) is 57.0 Å². The van der Waals surface area contributed by atoms with E-state index in [9.17, 15) is 15.3 Å². The second kappa shape index (κ2) is 8.89. The molecule has 0 aliphatic heterocycles. The topological polar surface area (TPSA) is 72.7 Å². The van der Waals surface area contributed by atoms with E-state index in [1.54, 1.807) is 6.08 Å². The van der Waals surface area contributed by atoms with E-state index in [0.29, 0.717) is 0 Å². The fourth-order valence-electron chi connectivity index (χ4n) is 1.88. The first kappa shape index (κ1) is 16.9. The zero-order valence-corrected chi connectivity index (χ0v) is 11.1. The van der Waals surface area contributed by atoms with E-state index in [0.717, 1.165) is 13.0 Å². The van der Waals surface area contributed by atoms with Crippen LogP contribution < -0.4 is 5.32 Å². The molecule has 102 valence electrons. The van der Waals surface area contributed by atoms with Gasteiger partial charge in [0.05, 0.1) is 6.04 Å². The fourth-order valence-corrected chi connectivity index (χ4v) is 1.88. The lowest BCUT2D eigenvalue weighted by Gasteiger charge is -2.31. The zero-order valence-electron chi connectivity index (χ0n) is 10.2. The third-order valence-corrected chi connectivity index (χ3v) is 2.99. The Labute approximate surface area is 109 Å². The molecule has 0 heterocycles. The molecule has 5 heteroatoms. The van der Waals surface area contributed by atoms with E-state index in [1.807, 2.05) is 0 Å². The van der Waals surface area contributed by atoms with Crippen LogP contribution in [0.15, 0.2) is 12.2 Å². The van der Waals surface area contributed by atoms with Crippen molar-refractivity contribution in [2.75, 3.05) is 6.54 Å². The number of rotatable bonds is 6. The Balaban J connectivity index is 0.00000256. The van der Waals surface area contributed by atoms with Crippen LogP contribution in [0.25, 0.3) is 0 Å². The summed E-state index contributed by atoms with van der Waals surface area (Å²) in [4.78, 5) is 0. The molecule has 4 N–H and O–H groups in total. The maximum atomic E-state index is 9.69. The van der Waals surface area contributed by atoms with Gasteiger partial charge in [-0.3, -0.25) is 0 Å². The van der Waals surface area contributed by atoms with E-state index in [-0.39, 0.29) is 18.4 Å². The summed E-state index contributed by atoms with van der Waals surface area (Å²) >= 11 is 0. The molecule has 0 saturated heterocycles. The van der Waals surface area contributed by atoms with Crippen LogP contribution in [0.3, 0.4) is 0 Å². The van der Waals surface area contributed by atoms with Crippen LogP contribution in [0.2, 0.25) is 0 Å². The average molecular weight is 266 g/mol. The first-order chi connectivity index (χ1) is 7.66. The predicted molar refractivity (Wildman–Crippen MR) is 70.3 cm³/mol. The maximum absolute atomic E-state index is 9.69. The van der Waals surface area contributed by atoms with E-state index in [1.165, 1.54) is 25.3 Å². The zero-order chi connectivity index (χ0) is 12.0. The van der Waals surface area contributed by atoms with Crippen LogP contribution >= 0.6 is 12.4 Å². The molecule has 1 aliphatic rings. The molecular weight excluding hydrogens is 242 g/mol. The SMILES string of the molecule is CCCCCCN[C@H]1C=C[C@@H](O)[C@@H](O)[C@@H]1O.Cl. The Morgan fingerprint density at radius 3 is 2.35 bits per heavy atom. The summed E-state index contributed by atoms with van der Waals surface area (Å²) in [5.74, 6) is 0. The fraction of sp³-hybridized carbons (Fsp3) is 0.833. The minimum absolute atomic E-state index is 0. The Hall–Kier alpha value is -0.130. The highest BCUT2D eigenvalue weighted by Gasteiger charge is 2.32. The van der Waals surface area contributed by atoms with Crippen molar-refractivity contribution in [1.82, 2.24) is 5.32 Å². The Morgan fingerprint density at radius 2 is 1.71 bits per heavy atom. The standard InChI is InChI=1S/C12H23NO3.ClH/c1-2-3-4-5-8-13-9-6-7-10(14)12(16)11(9)15;/h6-7,9-16H,2-5,8H2,1H3;1H/t9-,10+,11+,12+;/m0./s1. The van der Waals surface area contributed by atoms with E-state index in [2.05, 4.69) is 12.2 Å². The third kappa shape index (κ3) is 5.36. The monoisotopic (exact) mass is 265 g/mol. The van der Waals surface area contributed by atoms with E-state index in [4.69, 9.17) is 0 Å². The van der Waals surface area contributed by atoms with Gasteiger partial charge in [-0.1, -0.05) is 38.3 Å². The lowest BCUT2D eigenvalue weighted by atomic mass is 9.94. The molecule has 0 radical (unpaired) electrons. The Bertz CT molecular complexity index is 226. The minimum atomic E-state index is -1.09. The second-order valence-corrected chi connectivity index (χ2v) is 4.40. The van der Waals surface area contributed by atoms with Gasteiger partial charge in [0.25, 0.3) is 0 Å². The van der Waals surface area contributed by atoms with Gasteiger partial charge in [0.2, 0.25) is 0 Å². The van der Waals surface area contributed by atoms with Gasteiger partial charge in [0.1, 0.15) is 18.3 Å². The van der Waals surface area contributed by atoms with Crippen LogP contribution in [0.4, 0.5) is 0 Å². The molecule has 0 bridgehead atoms. The molecular formula is C12H24ClNO3. The molecule has 0 aromatic heterocycles. The highest BCUT2D eigenvalue weighted by Crippen LogP contribution is 2.13. The Morgan fingerprint density at radius 1 is 1.00 bits per heavy atom. The molecule has 0 saturated carbocycles. The van der Waals surface area contributed by atoms with Crippen molar-refractivity contribution in [1.29, 1.82) is 0 Å². The van der Waals surface area contributed by atoms with Crippen LogP contribution in [0, 0.1) is 0 Å². The van der Waals surface area contributed by atoms with E-state index >= 15 is 0 Å². The molecule has 0 fully saturated rings. The van der Waals surface area contributed by atoms with Crippen molar-refractivity contribution in [3.63, 3.8) is 0 Å². The first-order valence-corrected chi connectivity index (χ1v) is 6.12. The predicted octanol–water partition coefficient (Wildman–Crippen LogP) is 0.599. The largest absolute Gasteiger partial charge is 0.388 e. The maximum Gasteiger partial charge on any atom is 0.111 e. The van der Waals surface area contributed by atoms with Gasteiger partial charge >= 0.3 is 0 Å². The van der Waals surface area contributed by atoms with Gasteiger partial charge in [0.15, 0.2) is 0 Å². The number of halogens is 1. The number of aliphatic hydroxyl groups excluding tert-OH is 3. The lowest BCUT2D eigenvalue weighted by molar-refractivity contribution is -0.0564. The molecule has 4 nitrogen and oxygen atoms in total. The molecule has 0 amide bonds. The van der Waals surface area contributed by atoms with Crippen molar-refractivity contribution < 1.29 is 15.3 Å². The van der Waals surface area contributed by atoms with Gasteiger partial charge in [-0.15, -0.1) is 12.4 Å². The molecule has 0 aromatic rings. The smallest absolute Gasteiger partial charge is 0.111 e. The summed E-state index contributed by atoms with van der Waals surface area (Å²) in [6.45, 7) is 2.99. The van der Waals surface area contributed by atoms with Gasteiger partial charge in [-0.2, -0.15) is 0 Å². The van der Waals surface area contributed by atoms with Crippen LogP contribution in [0.5, 0.6) is 0 Å². The Kier molecular flexibility index (Phi) is 8.82. The van der Waals surface area contributed by atoms with Crippen molar-refractivity contribution in [3.8, 4) is 0 Å². The van der Waals surface area contributed by atoms with Crippen LogP contribution in [0.1, 0.15) is 32.6 Å². The van der Waals surface area contributed by atoms with Crippen molar-refractivity contribution >= 4 is 12.4 Å². The van der Waals surface area contributed by atoms with Gasteiger partial charge in [-0.05, 0) is 13.0 Å². The van der Waals surface area contributed by atoms with Gasteiger partial charge in [-0.25, -0.2) is 0 Å². The molecule has 0 unspecified atom stereocenters. The number of nitrogens with one attached hydrogen (secondary N) is 1. The first-order valence-electron chi connectivity index (χ1n) is 6.12. The second-order valence-electron chi connectivity index (χ2n) is 4.40. The summed E-state index contributed by atoms with van der Waals surface area (Å²) in [6, 6.07) is -0.250. The normalized spacial score (nSPS) is 32.2. The summed E-state index contributed by atoms with van der Waals surface area (Å²) in [6.07, 6.45) is 4.98. The van der Waals surface area contributed by atoms with Crippen LogP contribution in [-0.2, 0) is 0 Å².